The first-order valence-corrected chi connectivity index (χ1v) is 8.05. The molecule has 0 atom stereocenters. The summed E-state index contributed by atoms with van der Waals surface area (Å²) in [5.74, 6) is -0.0868. The maximum absolute atomic E-state index is 12.3. The standard InChI is InChI=1S/C18H17N5O4/c1-11-3-5-13(6-4-11)17-19-18(24)16(27-22-17)12(2)20-21-14-7-9-15(10-8-14)23(25)26/h3-10,20-21H,1-2H3,(H,19,22,24)/b16-12-. The highest BCUT2D eigenvalue weighted by Gasteiger charge is 2.23. The molecular formula is C18H17N5O4. The van der Waals surface area contributed by atoms with Gasteiger partial charge in [0.25, 0.3) is 11.6 Å². The summed E-state index contributed by atoms with van der Waals surface area (Å²) in [5.41, 5.74) is 8.46. The number of hydrogen-bond acceptors (Lipinski definition) is 7. The van der Waals surface area contributed by atoms with E-state index in [4.69, 9.17) is 4.84 Å². The van der Waals surface area contributed by atoms with Crippen molar-refractivity contribution in [3.8, 4) is 0 Å². The van der Waals surface area contributed by atoms with Crippen molar-refractivity contribution in [3.05, 3.63) is 81.2 Å². The lowest BCUT2D eigenvalue weighted by atomic mass is 10.1. The van der Waals surface area contributed by atoms with E-state index in [1.807, 2.05) is 31.2 Å². The minimum atomic E-state index is -0.478. The van der Waals surface area contributed by atoms with Gasteiger partial charge in [0, 0.05) is 17.7 Å². The first kappa shape index (κ1) is 17.9. The van der Waals surface area contributed by atoms with E-state index in [1.165, 1.54) is 12.1 Å². The Kier molecular flexibility index (Phi) is 5.02. The fourth-order valence-corrected chi connectivity index (χ4v) is 2.28. The van der Waals surface area contributed by atoms with E-state index in [2.05, 4.69) is 21.3 Å². The van der Waals surface area contributed by atoms with Gasteiger partial charge in [-0.15, -0.1) is 0 Å². The van der Waals surface area contributed by atoms with Crippen LogP contribution < -0.4 is 16.2 Å². The van der Waals surface area contributed by atoms with Crippen LogP contribution in [0.3, 0.4) is 0 Å². The molecule has 1 aliphatic heterocycles. The summed E-state index contributed by atoms with van der Waals surface area (Å²) in [7, 11) is 0. The Bertz CT molecular complexity index is 933. The average molecular weight is 367 g/mol. The SMILES string of the molecule is C/C(NNc1ccc([N+](=O)[O-])cc1)=C1/ON=C(c2ccc(C)cc2)NC1=O. The molecule has 0 spiro atoms. The quantitative estimate of drug-likeness (QED) is 0.425. The monoisotopic (exact) mass is 367 g/mol. The molecule has 0 radical (unpaired) electrons. The predicted octanol–water partition coefficient (Wildman–Crippen LogP) is 2.56. The van der Waals surface area contributed by atoms with Gasteiger partial charge in [-0.3, -0.25) is 14.9 Å². The lowest BCUT2D eigenvalue weighted by molar-refractivity contribution is -0.384. The number of non-ortho nitro benzene ring substituents is 1. The van der Waals surface area contributed by atoms with Crippen molar-refractivity contribution in [1.82, 2.24) is 10.7 Å². The highest BCUT2D eigenvalue weighted by atomic mass is 16.6. The van der Waals surface area contributed by atoms with Gasteiger partial charge in [-0.1, -0.05) is 35.0 Å². The number of anilines is 1. The summed E-state index contributed by atoms with van der Waals surface area (Å²) in [6.45, 7) is 3.61. The van der Waals surface area contributed by atoms with Gasteiger partial charge in [-0.05, 0) is 26.0 Å². The van der Waals surface area contributed by atoms with Gasteiger partial charge in [-0.2, -0.15) is 0 Å². The highest BCUT2D eigenvalue weighted by molar-refractivity contribution is 6.13. The summed E-state index contributed by atoms with van der Waals surface area (Å²) in [6.07, 6.45) is 0. The molecule has 27 heavy (non-hydrogen) atoms. The van der Waals surface area contributed by atoms with Crippen molar-refractivity contribution in [3.63, 3.8) is 0 Å². The molecule has 0 saturated heterocycles. The molecule has 0 saturated carbocycles. The van der Waals surface area contributed by atoms with Gasteiger partial charge in [0.05, 0.1) is 16.3 Å². The number of nitrogens with zero attached hydrogens (tertiary/aromatic N) is 2. The maximum atomic E-state index is 12.3. The molecule has 138 valence electrons. The summed E-state index contributed by atoms with van der Waals surface area (Å²) < 4.78 is 0. The molecule has 9 nitrogen and oxygen atoms in total. The number of allylic oxidation sites excluding steroid dienone is 1. The second kappa shape index (κ2) is 7.56. The van der Waals surface area contributed by atoms with E-state index >= 15 is 0 Å². The summed E-state index contributed by atoms with van der Waals surface area (Å²) in [4.78, 5) is 27.7. The molecule has 0 unspecified atom stereocenters. The summed E-state index contributed by atoms with van der Waals surface area (Å²) in [5, 5.41) is 17.3. The Balaban J connectivity index is 1.67. The first-order chi connectivity index (χ1) is 12.9. The topological polar surface area (TPSA) is 118 Å². The van der Waals surface area contributed by atoms with E-state index < -0.39 is 10.8 Å². The molecule has 0 bridgehead atoms. The number of carbonyl (C=O) groups excluding carboxylic acids is 1. The van der Waals surface area contributed by atoms with Gasteiger partial charge in [0.15, 0.2) is 5.84 Å². The number of hydrogen-bond donors (Lipinski definition) is 3. The Hall–Kier alpha value is -3.88. The number of oxime groups is 1. The van der Waals surface area contributed by atoms with Crippen LogP contribution in [0.15, 0.2) is 65.1 Å². The molecular weight excluding hydrogens is 350 g/mol. The highest BCUT2D eigenvalue weighted by Crippen LogP contribution is 2.16. The number of amides is 1. The van der Waals surface area contributed by atoms with Crippen LogP contribution in [0.25, 0.3) is 0 Å². The van der Waals surface area contributed by atoms with Gasteiger partial charge >= 0.3 is 0 Å². The number of nitrogens with one attached hydrogen (secondary N) is 3. The van der Waals surface area contributed by atoms with Gasteiger partial charge in [0.1, 0.15) is 0 Å². The number of benzene rings is 2. The third-order valence-electron chi connectivity index (χ3n) is 3.80. The van der Waals surface area contributed by atoms with E-state index in [9.17, 15) is 14.9 Å². The Labute approximate surface area is 154 Å². The second-order valence-corrected chi connectivity index (χ2v) is 5.86. The van der Waals surface area contributed by atoms with Crippen LogP contribution in [0.5, 0.6) is 0 Å². The molecule has 2 aromatic carbocycles. The molecule has 1 aliphatic rings. The van der Waals surface area contributed by atoms with Crippen LogP contribution in [0.4, 0.5) is 11.4 Å². The minimum Gasteiger partial charge on any atom is -0.347 e. The zero-order chi connectivity index (χ0) is 19.4. The molecule has 2 aromatic rings. The van der Waals surface area contributed by atoms with Crippen molar-refractivity contribution in [2.24, 2.45) is 5.16 Å². The van der Waals surface area contributed by atoms with Crippen LogP contribution in [0.1, 0.15) is 18.1 Å². The number of nitro benzene ring substituents is 1. The van der Waals surface area contributed by atoms with Crippen molar-refractivity contribution >= 4 is 23.1 Å². The fraction of sp³-hybridized carbons (Fsp3) is 0.111. The number of amidine groups is 1. The summed E-state index contributed by atoms with van der Waals surface area (Å²) in [6, 6.07) is 13.3. The van der Waals surface area contributed by atoms with E-state index in [0.717, 1.165) is 11.1 Å². The summed E-state index contributed by atoms with van der Waals surface area (Å²) >= 11 is 0. The zero-order valence-corrected chi connectivity index (χ0v) is 14.6. The van der Waals surface area contributed by atoms with E-state index in [1.54, 1.807) is 19.1 Å². The van der Waals surface area contributed by atoms with Crippen LogP contribution in [-0.4, -0.2) is 16.7 Å². The van der Waals surface area contributed by atoms with Crippen LogP contribution in [-0.2, 0) is 9.63 Å². The van der Waals surface area contributed by atoms with Crippen molar-refractivity contribution < 1.29 is 14.6 Å². The molecule has 0 fully saturated rings. The molecule has 1 heterocycles. The average Bonchev–Trinajstić information content (AvgIpc) is 2.67. The number of rotatable bonds is 5. The third-order valence-corrected chi connectivity index (χ3v) is 3.80. The van der Waals surface area contributed by atoms with Crippen LogP contribution in [0, 0.1) is 17.0 Å². The number of nitro groups is 1. The molecule has 1 amide bonds. The van der Waals surface area contributed by atoms with Crippen molar-refractivity contribution in [2.75, 3.05) is 5.43 Å². The van der Waals surface area contributed by atoms with Gasteiger partial charge in [-0.25, -0.2) is 0 Å². The smallest absolute Gasteiger partial charge is 0.297 e. The normalized spacial score (nSPS) is 15.2. The molecule has 0 aliphatic carbocycles. The zero-order valence-electron chi connectivity index (χ0n) is 14.6. The third kappa shape index (κ3) is 4.21. The largest absolute Gasteiger partial charge is 0.347 e. The lowest BCUT2D eigenvalue weighted by Crippen LogP contribution is -2.38. The lowest BCUT2D eigenvalue weighted by Gasteiger charge is -2.18. The maximum Gasteiger partial charge on any atom is 0.297 e. The molecule has 0 aromatic heterocycles. The predicted molar refractivity (Wildman–Crippen MR) is 99.5 cm³/mol. The van der Waals surface area contributed by atoms with Crippen molar-refractivity contribution in [1.29, 1.82) is 0 Å². The number of hydrazine groups is 1. The minimum absolute atomic E-state index is 0.0106. The van der Waals surface area contributed by atoms with E-state index in [-0.39, 0.29) is 11.4 Å². The fourth-order valence-electron chi connectivity index (χ4n) is 2.28. The first-order valence-electron chi connectivity index (χ1n) is 8.05. The Morgan fingerprint density at radius 1 is 1.15 bits per heavy atom. The van der Waals surface area contributed by atoms with Crippen LogP contribution in [0.2, 0.25) is 0 Å². The Morgan fingerprint density at radius 2 is 1.81 bits per heavy atom. The van der Waals surface area contributed by atoms with Gasteiger partial charge < -0.3 is 21.0 Å². The molecule has 9 heteroatoms. The van der Waals surface area contributed by atoms with Gasteiger partial charge in [0.2, 0.25) is 5.76 Å². The van der Waals surface area contributed by atoms with E-state index in [0.29, 0.717) is 17.2 Å². The number of aryl methyl sites for hydroxylation is 1. The molecule has 3 N–H and O–H groups in total. The Morgan fingerprint density at radius 3 is 2.41 bits per heavy atom. The van der Waals surface area contributed by atoms with Crippen molar-refractivity contribution in [2.45, 2.75) is 13.8 Å². The van der Waals surface area contributed by atoms with Crippen LogP contribution >= 0.6 is 0 Å². The molecule has 3 rings (SSSR count). The number of carbonyl (C=O) groups is 1. The second-order valence-electron chi connectivity index (χ2n) is 5.86.